The maximum absolute atomic E-state index is 9.79. The molecule has 0 aliphatic rings. The number of carbonyl (C=O) groups excluding carboxylic acids is 1. The third kappa shape index (κ3) is 5.30. The Labute approximate surface area is 55.4 Å². The minimum Gasteiger partial charge on any atom is -0.359 e. The average Bonchev–Trinajstić information content (AvgIpc) is 1.85. The van der Waals surface area contributed by atoms with Crippen LogP contribution in [-0.4, -0.2) is 19.2 Å². The van der Waals surface area contributed by atoms with Gasteiger partial charge < -0.3 is 10.1 Å². The van der Waals surface area contributed by atoms with E-state index in [0.717, 1.165) is 6.42 Å². The van der Waals surface area contributed by atoms with Gasteiger partial charge in [0.1, 0.15) is 6.23 Å². The summed E-state index contributed by atoms with van der Waals surface area (Å²) in [5.41, 5.74) is 0. The normalized spacial score (nSPS) is 12.7. The van der Waals surface area contributed by atoms with Crippen LogP contribution >= 0.6 is 0 Å². The number of hydrogen-bond donors (Lipinski definition) is 1. The molecular weight excluding hydrogens is 118 g/mol. The summed E-state index contributed by atoms with van der Waals surface area (Å²) in [6, 6.07) is 0. The van der Waals surface area contributed by atoms with Crippen LogP contribution in [0.2, 0.25) is 0 Å². The molecule has 9 heavy (non-hydrogen) atoms. The van der Waals surface area contributed by atoms with Gasteiger partial charge in [0.05, 0.1) is 0 Å². The molecule has 0 aromatic heterocycles. The van der Waals surface area contributed by atoms with Gasteiger partial charge in [0.15, 0.2) is 0 Å². The molecule has 3 nitrogen and oxygen atoms in total. The lowest BCUT2D eigenvalue weighted by Crippen LogP contribution is -2.27. The van der Waals surface area contributed by atoms with Crippen LogP contribution in [0.3, 0.4) is 0 Å². The number of hydrogen-bond acceptors (Lipinski definition) is 2. The molecule has 0 rings (SSSR count). The average molecular weight is 131 g/mol. The highest BCUT2D eigenvalue weighted by molar-refractivity contribution is 5.46. The molecule has 0 radical (unpaired) electrons. The van der Waals surface area contributed by atoms with Gasteiger partial charge in [-0.15, -0.1) is 0 Å². The van der Waals surface area contributed by atoms with E-state index >= 15 is 0 Å². The number of rotatable bonds is 5. The van der Waals surface area contributed by atoms with Crippen molar-refractivity contribution in [2.75, 3.05) is 6.61 Å². The fourth-order valence-electron chi connectivity index (χ4n) is 0.439. The fourth-order valence-corrected chi connectivity index (χ4v) is 0.439. The lowest BCUT2D eigenvalue weighted by molar-refractivity contribution is -0.113. The van der Waals surface area contributed by atoms with Gasteiger partial charge in [-0.2, -0.15) is 0 Å². The molecule has 0 heterocycles. The summed E-state index contributed by atoms with van der Waals surface area (Å²) in [5, 5.41) is 2.48. The van der Waals surface area contributed by atoms with Gasteiger partial charge in [-0.1, -0.05) is 6.92 Å². The second-order valence-electron chi connectivity index (χ2n) is 1.80. The molecule has 1 unspecified atom stereocenters. The molecule has 0 fully saturated rings. The van der Waals surface area contributed by atoms with E-state index in [1.165, 1.54) is 0 Å². The van der Waals surface area contributed by atoms with Crippen molar-refractivity contribution < 1.29 is 9.53 Å². The molecule has 1 N–H and O–H groups in total. The Morgan fingerprint density at radius 2 is 2.44 bits per heavy atom. The molecule has 0 spiro atoms. The second-order valence-corrected chi connectivity index (χ2v) is 1.80. The first-order valence-electron chi connectivity index (χ1n) is 3.12. The van der Waals surface area contributed by atoms with Crippen LogP contribution in [0.15, 0.2) is 0 Å². The van der Waals surface area contributed by atoms with Crippen LogP contribution in [0.25, 0.3) is 0 Å². The minimum absolute atomic E-state index is 0.151. The molecule has 0 aromatic rings. The van der Waals surface area contributed by atoms with Crippen LogP contribution in [-0.2, 0) is 9.53 Å². The Kier molecular flexibility index (Phi) is 5.21. The van der Waals surface area contributed by atoms with Crippen molar-refractivity contribution in [2.24, 2.45) is 0 Å². The monoisotopic (exact) mass is 131 g/mol. The van der Waals surface area contributed by atoms with E-state index in [9.17, 15) is 4.79 Å². The van der Waals surface area contributed by atoms with Crippen LogP contribution in [0.5, 0.6) is 0 Å². The van der Waals surface area contributed by atoms with Gasteiger partial charge >= 0.3 is 0 Å². The Morgan fingerprint density at radius 3 is 2.89 bits per heavy atom. The molecule has 0 bridgehead atoms. The van der Waals surface area contributed by atoms with Gasteiger partial charge in [-0.3, -0.25) is 4.79 Å². The maximum Gasteiger partial charge on any atom is 0.209 e. The standard InChI is InChI=1S/C6H13NO2/c1-3-4-9-6(2)7-5-8/h5-6H,3-4H2,1-2H3,(H,7,8). The zero-order valence-electron chi connectivity index (χ0n) is 5.89. The Balaban J connectivity index is 3.04. The van der Waals surface area contributed by atoms with Gasteiger partial charge in [-0.25, -0.2) is 0 Å². The fraction of sp³-hybridized carbons (Fsp3) is 0.833. The highest BCUT2D eigenvalue weighted by Crippen LogP contribution is 1.85. The van der Waals surface area contributed by atoms with E-state index in [1.54, 1.807) is 6.92 Å². The highest BCUT2D eigenvalue weighted by atomic mass is 16.5. The van der Waals surface area contributed by atoms with Crippen molar-refractivity contribution in [1.29, 1.82) is 0 Å². The first kappa shape index (κ1) is 8.43. The molecular formula is C6H13NO2. The van der Waals surface area contributed by atoms with Crippen LogP contribution in [0, 0.1) is 0 Å². The maximum atomic E-state index is 9.79. The summed E-state index contributed by atoms with van der Waals surface area (Å²) < 4.78 is 5.09. The molecule has 3 heteroatoms. The van der Waals surface area contributed by atoms with Crippen molar-refractivity contribution >= 4 is 6.41 Å². The minimum atomic E-state index is -0.151. The van der Waals surface area contributed by atoms with Crippen molar-refractivity contribution in [3.8, 4) is 0 Å². The summed E-state index contributed by atoms with van der Waals surface area (Å²) in [5.74, 6) is 0. The molecule has 1 atom stereocenters. The largest absolute Gasteiger partial charge is 0.359 e. The van der Waals surface area contributed by atoms with Crippen molar-refractivity contribution in [3.63, 3.8) is 0 Å². The number of carbonyl (C=O) groups is 1. The summed E-state index contributed by atoms with van der Waals surface area (Å²) in [6.07, 6.45) is 1.47. The third-order valence-electron chi connectivity index (χ3n) is 0.875. The van der Waals surface area contributed by atoms with E-state index in [-0.39, 0.29) is 6.23 Å². The topological polar surface area (TPSA) is 38.3 Å². The second kappa shape index (κ2) is 5.56. The summed E-state index contributed by atoms with van der Waals surface area (Å²) in [7, 11) is 0. The highest BCUT2D eigenvalue weighted by Gasteiger charge is 1.94. The molecule has 54 valence electrons. The van der Waals surface area contributed by atoms with Gasteiger partial charge in [0, 0.05) is 6.61 Å². The molecule has 0 saturated heterocycles. The van der Waals surface area contributed by atoms with Crippen molar-refractivity contribution in [3.05, 3.63) is 0 Å². The Bertz CT molecular complexity index is 75.5. The summed E-state index contributed by atoms with van der Waals surface area (Å²) in [6.45, 7) is 4.51. The zero-order chi connectivity index (χ0) is 7.11. The van der Waals surface area contributed by atoms with E-state index in [1.807, 2.05) is 6.92 Å². The Morgan fingerprint density at radius 1 is 1.78 bits per heavy atom. The number of nitrogens with one attached hydrogen (secondary N) is 1. The van der Waals surface area contributed by atoms with Crippen LogP contribution in [0.4, 0.5) is 0 Å². The number of ether oxygens (including phenoxy) is 1. The third-order valence-corrected chi connectivity index (χ3v) is 0.875. The van der Waals surface area contributed by atoms with Crippen molar-refractivity contribution in [2.45, 2.75) is 26.5 Å². The quantitative estimate of drug-likeness (QED) is 0.436. The molecule has 0 aliphatic heterocycles. The molecule has 0 aliphatic carbocycles. The molecule has 0 saturated carbocycles. The predicted octanol–water partition coefficient (Wildman–Crippen LogP) is 0.505. The van der Waals surface area contributed by atoms with Gasteiger partial charge in [0.2, 0.25) is 6.41 Å². The lowest BCUT2D eigenvalue weighted by Gasteiger charge is -2.09. The smallest absolute Gasteiger partial charge is 0.209 e. The number of amides is 1. The SMILES string of the molecule is CCCOC(C)NC=O. The van der Waals surface area contributed by atoms with E-state index in [0.29, 0.717) is 13.0 Å². The predicted molar refractivity (Wildman–Crippen MR) is 34.9 cm³/mol. The zero-order valence-corrected chi connectivity index (χ0v) is 5.89. The molecule has 0 aromatic carbocycles. The van der Waals surface area contributed by atoms with E-state index in [4.69, 9.17) is 4.74 Å². The van der Waals surface area contributed by atoms with Gasteiger partial charge in [0.25, 0.3) is 0 Å². The van der Waals surface area contributed by atoms with Crippen LogP contribution < -0.4 is 5.32 Å². The molecule has 1 amide bonds. The lowest BCUT2D eigenvalue weighted by atomic mass is 10.5. The van der Waals surface area contributed by atoms with Crippen molar-refractivity contribution in [1.82, 2.24) is 5.32 Å². The van der Waals surface area contributed by atoms with Gasteiger partial charge in [-0.05, 0) is 13.3 Å². The summed E-state index contributed by atoms with van der Waals surface area (Å²) >= 11 is 0. The summed E-state index contributed by atoms with van der Waals surface area (Å²) in [4.78, 5) is 9.79. The van der Waals surface area contributed by atoms with E-state index in [2.05, 4.69) is 5.32 Å². The first-order valence-corrected chi connectivity index (χ1v) is 3.12. The van der Waals surface area contributed by atoms with Crippen LogP contribution in [0.1, 0.15) is 20.3 Å². The van der Waals surface area contributed by atoms with E-state index < -0.39 is 0 Å². The first-order chi connectivity index (χ1) is 4.31. The Hall–Kier alpha value is -0.570.